The molecule has 1 atom stereocenters. The number of rotatable bonds is 3. The monoisotopic (exact) mass is 233 g/mol. The lowest BCUT2D eigenvalue weighted by Crippen LogP contribution is -2.28. The molecule has 0 radical (unpaired) electrons. The van der Waals surface area contributed by atoms with E-state index in [4.69, 9.17) is 4.74 Å². The Morgan fingerprint density at radius 3 is 2.65 bits per heavy atom. The molecule has 1 aliphatic heterocycles. The molecule has 1 aromatic rings. The number of nitrogens with zero attached hydrogens (tertiary/aromatic N) is 1. The summed E-state index contributed by atoms with van der Waals surface area (Å²) in [7, 11) is 0. The molecule has 1 unspecified atom stereocenters. The predicted molar refractivity (Wildman–Crippen MR) is 67.1 cm³/mol. The SMILES string of the molecule is CCc1ccc(OC2CCN(C(C)=O)C2)cc1. The van der Waals surface area contributed by atoms with Gasteiger partial charge in [0.2, 0.25) is 5.91 Å². The van der Waals surface area contributed by atoms with E-state index in [0.29, 0.717) is 6.54 Å². The molecule has 0 spiro atoms. The molecule has 1 fully saturated rings. The van der Waals surface area contributed by atoms with Gasteiger partial charge in [-0.1, -0.05) is 19.1 Å². The Hall–Kier alpha value is -1.51. The molecule has 0 aliphatic carbocycles. The van der Waals surface area contributed by atoms with Crippen molar-refractivity contribution in [1.82, 2.24) is 4.90 Å². The number of ether oxygens (including phenoxy) is 1. The van der Waals surface area contributed by atoms with Crippen molar-refractivity contribution in [3.05, 3.63) is 29.8 Å². The first-order chi connectivity index (χ1) is 8.19. The highest BCUT2D eigenvalue weighted by molar-refractivity contribution is 5.73. The van der Waals surface area contributed by atoms with Gasteiger partial charge >= 0.3 is 0 Å². The van der Waals surface area contributed by atoms with Gasteiger partial charge in [-0.3, -0.25) is 4.79 Å². The van der Waals surface area contributed by atoms with Crippen LogP contribution < -0.4 is 4.74 Å². The molecule has 2 rings (SSSR count). The summed E-state index contributed by atoms with van der Waals surface area (Å²) in [6, 6.07) is 8.20. The van der Waals surface area contributed by atoms with Crippen molar-refractivity contribution < 1.29 is 9.53 Å². The maximum absolute atomic E-state index is 11.2. The van der Waals surface area contributed by atoms with Crippen molar-refractivity contribution in [3.8, 4) is 5.75 Å². The summed E-state index contributed by atoms with van der Waals surface area (Å²) >= 11 is 0. The number of aryl methyl sites for hydroxylation is 1. The molecular weight excluding hydrogens is 214 g/mol. The predicted octanol–water partition coefficient (Wildman–Crippen LogP) is 2.25. The van der Waals surface area contributed by atoms with E-state index in [0.717, 1.165) is 25.1 Å². The Morgan fingerprint density at radius 1 is 1.41 bits per heavy atom. The maximum atomic E-state index is 11.2. The van der Waals surface area contributed by atoms with E-state index in [1.165, 1.54) is 5.56 Å². The number of hydrogen-bond acceptors (Lipinski definition) is 2. The van der Waals surface area contributed by atoms with Crippen LogP contribution in [0.4, 0.5) is 0 Å². The zero-order valence-electron chi connectivity index (χ0n) is 10.5. The topological polar surface area (TPSA) is 29.5 Å². The van der Waals surface area contributed by atoms with Gasteiger partial charge in [-0.2, -0.15) is 0 Å². The number of carbonyl (C=O) groups excluding carboxylic acids is 1. The molecule has 92 valence electrons. The van der Waals surface area contributed by atoms with Crippen molar-refractivity contribution in [3.63, 3.8) is 0 Å². The minimum Gasteiger partial charge on any atom is -0.489 e. The van der Waals surface area contributed by atoms with Crippen molar-refractivity contribution >= 4 is 5.91 Å². The number of carbonyl (C=O) groups is 1. The van der Waals surface area contributed by atoms with Gasteiger partial charge < -0.3 is 9.64 Å². The molecule has 1 amide bonds. The second kappa shape index (κ2) is 5.21. The van der Waals surface area contributed by atoms with Gasteiger partial charge in [-0.15, -0.1) is 0 Å². The van der Waals surface area contributed by atoms with E-state index in [1.807, 2.05) is 17.0 Å². The highest BCUT2D eigenvalue weighted by Gasteiger charge is 2.25. The Bertz CT molecular complexity index is 386. The first-order valence-corrected chi connectivity index (χ1v) is 6.20. The minimum absolute atomic E-state index is 0.137. The third kappa shape index (κ3) is 2.99. The van der Waals surface area contributed by atoms with Crippen LogP contribution in [0.2, 0.25) is 0 Å². The van der Waals surface area contributed by atoms with Crippen LogP contribution in [0.3, 0.4) is 0 Å². The van der Waals surface area contributed by atoms with Crippen LogP contribution in [0, 0.1) is 0 Å². The maximum Gasteiger partial charge on any atom is 0.219 e. The van der Waals surface area contributed by atoms with E-state index in [9.17, 15) is 4.79 Å². The molecule has 0 bridgehead atoms. The van der Waals surface area contributed by atoms with Crippen LogP contribution in [0.15, 0.2) is 24.3 Å². The molecule has 17 heavy (non-hydrogen) atoms. The minimum atomic E-state index is 0.137. The highest BCUT2D eigenvalue weighted by atomic mass is 16.5. The Labute approximate surface area is 102 Å². The molecule has 1 aliphatic rings. The van der Waals surface area contributed by atoms with E-state index >= 15 is 0 Å². The summed E-state index contributed by atoms with van der Waals surface area (Å²) < 4.78 is 5.86. The molecule has 1 saturated heterocycles. The number of hydrogen-bond donors (Lipinski definition) is 0. The first kappa shape index (κ1) is 12.0. The molecule has 1 heterocycles. The number of amides is 1. The molecule has 3 nitrogen and oxygen atoms in total. The second-order valence-corrected chi connectivity index (χ2v) is 4.49. The Kier molecular flexibility index (Phi) is 3.67. The van der Waals surface area contributed by atoms with E-state index in [1.54, 1.807) is 6.92 Å². The average molecular weight is 233 g/mol. The third-order valence-corrected chi connectivity index (χ3v) is 3.22. The summed E-state index contributed by atoms with van der Waals surface area (Å²) in [5.41, 5.74) is 1.31. The van der Waals surface area contributed by atoms with E-state index < -0.39 is 0 Å². The summed E-state index contributed by atoms with van der Waals surface area (Å²) in [5, 5.41) is 0. The van der Waals surface area contributed by atoms with Crippen LogP contribution in [-0.4, -0.2) is 30.0 Å². The van der Waals surface area contributed by atoms with E-state index in [-0.39, 0.29) is 12.0 Å². The summed E-state index contributed by atoms with van der Waals surface area (Å²) in [6.07, 6.45) is 2.11. The van der Waals surface area contributed by atoms with Crippen LogP contribution in [0.1, 0.15) is 25.8 Å². The fraction of sp³-hybridized carbons (Fsp3) is 0.500. The van der Waals surface area contributed by atoms with Crippen LogP contribution in [-0.2, 0) is 11.2 Å². The molecule has 0 saturated carbocycles. The van der Waals surface area contributed by atoms with Crippen LogP contribution in [0.25, 0.3) is 0 Å². The van der Waals surface area contributed by atoms with Crippen molar-refractivity contribution in [2.45, 2.75) is 32.8 Å². The largest absolute Gasteiger partial charge is 0.489 e. The zero-order chi connectivity index (χ0) is 12.3. The Balaban J connectivity index is 1.91. The molecule has 1 aromatic carbocycles. The number of likely N-dealkylation sites (tertiary alicyclic amines) is 1. The normalized spacial score (nSPS) is 19.4. The fourth-order valence-corrected chi connectivity index (χ4v) is 2.11. The molecular formula is C14H19NO2. The van der Waals surface area contributed by atoms with Gasteiger partial charge in [0.15, 0.2) is 0 Å². The first-order valence-electron chi connectivity index (χ1n) is 6.20. The lowest BCUT2D eigenvalue weighted by Gasteiger charge is -2.15. The molecule has 3 heteroatoms. The van der Waals surface area contributed by atoms with Gasteiger partial charge in [0.05, 0.1) is 6.54 Å². The summed E-state index contributed by atoms with van der Waals surface area (Å²) in [5.74, 6) is 1.04. The van der Waals surface area contributed by atoms with Gasteiger partial charge in [0.1, 0.15) is 11.9 Å². The highest BCUT2D eigenvalue weighted by Crippen LogP contribution is 2.19. The summed E-state index contributed by atoms with van der Waals surface area (Å²) in [6.45, 7) is 5.27. The van der Waals surface area contributed by atoms with Gasteiger partial charge in [0, 0.05) is 19.9 Å². The lowest BCUT2D eigenvalue weighted by atomic mass is 10.2. The molecule has 0 aromatic heterocycles. The standard InChI is InChI=1S/C14H19NO2/c1-3-12-4-6-13(7-5-12)17-14-8-9-15(10-14)11(2)16/h4-7,14H,3,8-10H2,1-2H3. The molecule has 0 N–H and O–H groups in total. The Morgan fingerprint density at radius 2 is 2.12 bits per heavy atom. The third-order valence-electron chi connectivity index (χ3n) is 3.22. The zero-order valence-corrected chi connectivity index (χ0v) is 10.5. The van der Waals surface area contributed by atoms with Gasteiger partial charge in [-0.05, 0) is 24.1 Å². The summed E-state index contributed by atoms with van der Waals surface area (Å²) in [4.78, 5) is 13.0. The number of benzene rings is 1. The smallest absolute Gasteiger partial charge is 0.219 e. The van der Waals surface area contributed by atoms with Gasteiger partial charge in [-0.25, -0.2) is 0 Å². The quantitative estimate of drug-likeness (QED) is 0.801. The van der Waals surface area contributed by atoms with Crippen molar-refractivity contribution in [2.75, 3.05) is 13.1 Å². The fourth-order valence-electron chi connectivity index (χ4n) is 2.11. The van der Waals surface area contributed by atoms with Crippen molar-refractivity contribution in [2.24, 2.45) is 0 Å². The lowest BCUT2D eigenvalue weighted by molar-refractivity contribution is -0.128. The van der Waals surface area contributed by atoms with Gasteiger partial charge in [0.25, 0.3) is 0 Å². The van der Waals surface area contributed by atoms with Crippen LogP contribution in [0.5, 0.6) is 5.75 Å². The average Bonchev–Trinajstić information content (AvgIpc) is 2.79. The van der Waals surface area contributed by atoms with E-state index in [2.05, 4.69) is 19.1 Å². The van der Waals surface area contributed by atoms with Crippen LogP contribution >= 0.6 is 0 Å². The van der Waals surface area contributed by atoms with Crippen molar-refractivity contribution in [1.29, 1.82) is 0 Å². The second-order valence-electron chi connectivity index (χ2n) is 4.49.